The van der Waals surface area contributed by atoms with E-state index >= 15 is 0 Å². The predicted molar refractivity (Wildman–Crippen MR) is 120 cm³/mol. The molecule has 0 unspecified atom stereocenters. The highest BCUT2D eigenvalue weighted by atomic mass is 19.1. The van der Waals surface area contributed by atoms with Gasteiger partial charge in [-0.25, -0.2) is 9.07 Å². The molecule has 0 N–H and O–H groups in total. The van der Waals surface area contributed by atoms with E-state index < -0.39 is 0 Å². The number of pyridine rings is 1. The third kappa shape index (κ3) is 4.65. The summed E-state index contributed by atoms with van der Waals surface area (Å²) in [5.41, 5.74) is 2.77. The third-order valence-corrected chi connectivity index (χ3v) is 6.15. The van der Waals surface area contributed by atoms with Crippen molar-refractivity contribution in [3.05, 3.63) is 54.2 Å². The molecule has 0 radical (unpaired) electrons. The average Bonchev–Trinajstić information content (AvgIpc) is 3.49. The molecule has 4 aromatic rings. The van der Waals surface area contributed by atoms with Crippen molar-refractivity contribution >= 4 is 16.6 Å². The van der Waals surface area contributed by atoms with E-state index in [0.717, 1.165) is 48.0 Å². The van der Waals surface area contributed by atoms with Gasteiger partial charge in [0, 0.05) is 49.5 Å². The van der Waals surface area contributed by atoms with Gasteiger partial charge >= 0.3 is 0 Å². The normalized spacial score (nSPS) is 15.3. The lowest BCUT2D eigenvalue weighted by Gasteiger charge is -2.30. The fourth-order valence-electron chi connectivity index (χ4n) is 4.29. The second kappa shape index (κ2) is 9.14. The van der Waals surface area contributed by atoms with Gasteiger partial charge in [0.2, 0.25) is 0 Å². The van der Waals surface area contributed by atoms with Crippen LogP contribution >= 0.6 is 0 Å². The molecule has 0 atom stereocenters. The van der Waals surface area contributed by atoms with E-state index in [0.29, 0.717) is 17.9 Å². The highest BCUT2D eigenvalue weighted by molar-refractivity contribution is 5.96. The second-order valence-electron chi connectivity index (χ2n) is 8.46. The Labute approximate surface area is 190 Å². The first-order chi connectivity index (χ1) is 16.1. The maximum atomic E-state index is 12.8. The van der Waals surface area contributed by atoms with E-state index in [2.05, 4.69) is 30.5 Å². The molecule has 10 heteroatoms. The number of hydrogen-bond donors (Lipinski definition) is 0. The smallest absolute Gasteiger partial charge is 0.190 e. The largest absolute Gasteiger partial charge is 0.301 e. The molecule has 4 heterocycles. The number of alkyl halides is 1. The molecule has 0 bridgehead atoms. The number of aromatic nitrogens is 7. The standard InChI is InChI=1S/C23H25FN8O/c1-30-14-21(26-28-30)16-2-3-17-13-25-19(11-18(17)10-16)12-23(33)22-15-32(29-27-22)20-4-7-31(8-5-20)9-6-24/h2-3,10-11,13-15,20H,4-9,12H2,1H3. The van der Waals surface area contributed by atoms with Crippen LogP contribution in [0.3, 0.4) is 0 Å². The summed E-state index contributed by atoms with van der Waals surface area (Å²) in [4.78, 5) is 19.4. The molecule has 0 saturated carbocycles. The first-order valence-electron chi connectivity index (χ1n) is 11.1. The van der Waals surface area contributed by atoms with E-state index in [1.807, 2.05) is 37.5 Å². The van der Waals surface area contributed by atoms with Gasteiger partial charge in [-0.05, 0) is 30.4 Å². The molecule has 1 aromatic carbocycles. The topological polar surface area (TPSA) is 94.6 Å². The van der Waals surface area contributed by atoms with Gasteiger partial charge < -0.3 is 4.90 Å². The number of fused-ring (bicyclic) bond motifs is 1. The summed E-state index contributed by atoms with van der Waals surface area (Å²) in [7, 11) is 1.83. The van der Waals surface area contributed by atoms with Gasteiger partial charge in [0.05, 0.1) is 24.9 Å². The number of Topliss-reactive ketones (excluding diaryl/α,β-unsaturated/α-hetero) is 1. The molecule has 9 nitrogen and oxygen atoms in total. The van der Waals surface area contributed by atoms with Gasteiger partial charge in [-0.2, -0.15) is 0 Å². The van der Waals surface area contributed by atoms with E-state index in [4.69, 9.17) is 0 Å². The highest BCUT2D eigenvalue weighted by Gasteiger charge is 2.22. The van der Waals surface area contributed by atoms with Crippen molar-refractivity contribution < 1.29 is 9.18 Å². The Bertz CT molecular complexity index is 1270. The zero-order chi connectivity index (χ0) is 22.8. The number of carbonyl (C=O) groups is 1. The lowest BCUT2D eigenvalue weighted by Crippen LogP contribution is -2.36. The summed E-state index contributed by atoms with van der Waals surface area (Å²) in [6, 6.07) is 8.12. The molecule has 3 aromatic heterocycles. The van der Waals surface area contributed by atoms with Crippen molar-refractivity contribution in [2.75, 3.05) is 26.3 Å². The summed E-state index contributed by atoms with van der Waals surface area (Å²) >= 11 is 0. The van der Waals surface area contributed by atoms with Crippen LogP contribution in [0.25, 0.3) is 22.0 Å². The van der Waals surface area contributed by atoms with Crippen LogP contribution in [-0.4, -0.2) is 72.0 Å². The van der Waals surface area contributed by atoms with Crippen LogP contribution in [-0.2, 0) is 13.5 Å². The summed E-state index contributed by atoms with van der Waals surface area (Å²) in [5, 5.41) is 18.4. The van der Waals surface area contributed by atoms with Crippen molar-refractivity contribution in [1.29, 1.82) is 0 Å². The van der Waals surface area contributed by atoms with Crippen LogP contribution in [0.15, 0.2) is 42.9 Å². The Morgan fingerprint density at radius 3 is 2.70 bits per heavy atom. The molecule has 170 valence electrons. The fourth-order valence-corrected chi connectivity index (χ4v) is 4.29. The number of halogens is 1. The third-order valence-electron chi connectivity index (χ3n) is 6.15. The van der Waals surface area contributed by atoms with E-state index in [-0.39, 0.29) is 24.9 Å². The zero-order valence-electron chi connectivity index (χ0n) is 18.4. The number of benzene rings is 1. The molecular formula is C23H25FN8O. The van der Waals surface area contributed by atoms with Gasteiger partial charge in [0.15, 0.2) is 5.78 Å². The molecule has 1 saturated heterocycles. The quantitative estimate of drug-likeness (QED) is 0.401. The van der Waals surface area contributed by atoms with Gasteiger partial charge in [-0.3, -0.25) is 14.5 Å². The van der Waals surface area contributed by atoms with Crippen molar-refractivity contribution in [1.82, 2.24) is 39.9 Å². The molecule has 33 heavy (non-hydrogen) atoms. The van der Waals surface area contributed by atoms with Crippen molar-refractivity contribution in [2.24, 2.45) is 7.05 Å². The molecule has 0 aliphatic carbocycles. The molecule has 5 rings (SSSR count). The first-order valence-corrected chi connectivity index (χ1v) is 11.1. The molecule has 1 fully saturated rings. The number of aryl methyl sites for hydroxylation is 1. The fraction of sp³-hybridized carbons (Fsp3) is 0.391. The van der Waals surface area contributed by atoms with Gasteiger partial charge in [-0.15, -0.1) is 10.2 Å². The monoisotopic (exact) mass is 448 g/mol. The molecule has 0 spiro atoms. The molecule has 0 amide bonds. The number of carbonyl (C=O) groups excluding carboxylic acids is 1. The number of ketones is 1. The average molecular weight is 449 g/mol. The van der Waals surface area contributed by atoms with Gasteiger partial charge in [-0.1, -0.05) is 22.6 Å². The predicted octanol–water partition coefficient (Wildman–Crippen LogP) is 2.65. The number of rotatable bonds is 7. The van der Waals surface area contributed by atoms with E-state index in [1.54, 1.807) is 21.8 Å². The minimum Gasteiger partial charge on any atom is -0.301 e. The van der Waals surface area contributed by atoms with Gasteiger partial charge in [0.25, 0.3) is 0 Å². The lowest BCUT2D eigenvalue weighted by molar-refractivity contribution is 0.0987. The second-order valence-corrected chi connectivity index (χ2v) is 8.46. The van der Waals surface area contributed by atoms with Crippen molar-refractivity contribution in [2.45, 2.75) is 25.3 Å². The first kappa shape index (κ1) is 21.3. The van der Waals surface area contributed by atoms with Crippen LogP contribution in [0.2, 0.25) is 0 Å². The van der Waals surface area contributed by atoms with Crippen LogP contribution in [0.1, 0.15) is 35.1 Å². The Morgan fingerprint density at radius 2 is 1.94 bits per heavy atom. The minimum absolute atomic E-state index is 0.118. The van der Waals surface area contributed by atoms with Crippen LogP contribution in [0.4, 0.5) is 4.39 Å². The van der Waals surface area contributed by atoms with E-state index in [1.165, 1.54) is 0 Å². The summed E-state index contributed by atoms with van der Waals surface area (Å²) in [6.07, 6.45) is 7.26. The Morgan fingerprint density at radius 1 is 1.09 bits per heavy atom. The molecule has 1 aliphatic heterocycles. The van der Waals surface area contributed by atoms with E-state index in [9.17, 15) is 9.18 Å². The zero-order valence-corrected chi connectivity index (χ0v) is 18.4. The number of hydrogen-bond acceptors (Lipinski definition) is 7. The van der Waals surface area contributed by atoms with Crippen molar-refractivity contribution in [3.8, 4) is 11.3 Å². The lowest BCUT2D eigenvalue weighted by atomic mass is 10.0. The number of likely N-dealkylation sites (tertiary alicyclic amines) is 1. The summed E-state index contributed by atoms with van der Waals surface area (Å²) in [6.45, 7) is 1.81. The molecular weight excluding hydrogens is 423 g/mol. The number of piperidine rings is 1. The highest BCUT2D eigenvalue weighted by Crippen LogP contribution is 2.24. The maximum Gasteiger partial charge on any atom is 0.190 e. The van der Waals surface area contributed by atoms with Gasteiger partial charge in [0.1, 0.15) is 18.1 Å². The Balaban J connectivity index is 1.28. The number of nitrogens with zero attached hydrogens (tertiary/aromatic N) is 8. The SMILES string of the molecule is Cn1cc(-c2ccc3cnc(CC(=O)c4cn(C5CCN(CCF)CC5)nn4)cc3c2)nn1. The van der Waals surface area contributed by atoms with Crippen LogP contribution in [0, 0.1) is 0 Å². The minimum atomic E-state index is -0.322. The summed E-state index contributed by atoms with van der Waals surface area (Å²) < 4.78 is 16.0. The van der Waals surface area contributed by atoms with Crippen LogP contribution in [0.5, 0.6) is 0 Å². The van der Waals surface area contributed by atoms with Crippen LogP contribution < -0.4 is 0 Å². The summed E-state index contributed by atoms with van der Waals surface area (Å²) in [5.74, 6) is -0.118. The van der Waals surface area contributed by atoms with Crippen molar-refractivity contribution in [3.63, 3.8) is 0 Å². The Hall–Kier alpha value is -3.53. The Kier molecular flexibility index (Phi) is 5.91. The molecule has 1 aliphatic rings. The maximum absolute atomic E-state index is 12.8.